The molecule has 102 valence electrons. The number of amidine groups is 1. The van der Waals surface area contributed by atoms with Crippen LogP contribution in [0.15, 0.2) is 5.10 Å². The Morgan fingerprint density at radius 3 is 2.72 bits per heavy atom. The van der Waals surface area contributed by atoms with Crippen molar-refractivity contribution in [2.75, 3.05) is 13.2 Å². The van der Waals surface area contributed by atoms with E-state index < -0.39 is 37.2 Å². The van der Waals surface area contributed by atoms with E-state index in [4.69, 9.17) is 15.7 Å². The number of hydrazone groups is 1. The number of nitrogens with zero attached hydrogens (tertiary/aromatic N) is 2. The molecule has 0 spiro atoms. The number of carbonyl (C=O) groups is 1. The van der Waals surface area contributed by atoms with Gasteiger partial charge in [-0.05, 0) is 0 Å². The maximum Gasteiger partial charge on any atom is 0.324 e. The number of carbonyl (C=O) groups excluding carboxylic acids is 1. The van der Waals surface area contributed by atoms with Gasteiger partial charge in [-0.15, -0.1) is 0 Å². The molecule has 2 saturated heterocycles. The summed E-state index contributed by atoms with van der Waals surface area (Å²) in [5, 5.41) is 34.2. The molecule has 18 heavy (non-hydrogen) atoms. The summed E-state index contributed by atoms with van der Waals surface area (Å²) in [5.41, 5.74) is 0. The van der Waals surface area contributed by atoms with Crippen molar-refractivity contribution >= 4 is 11.9 Å². The number of ether oxygens (including phenoxy) is 1. The predicted molar refractivity (Wildman–Crippen MR) is 59.2 cm³/mol. The summed E-state index contributed by atoms with van der Waals surface area (Å²) in [7, 11) is 0. The number of aliphatic hydroxyl groups excluding tert-OH is 3. The van der Waals surface area contributed by atoms with Gasteiger partial charge in [-0.2, -0.15) is 5.10 Å². The van der Waals surface area contributed by atoms with Crippen LogP contribution in [0.5, 0.6) is 0 Å². The molecule has 6 N–H and O–H groups in total. The van der Waals surface area contributed by atoms with Crippen molar-refractivity contribution in [2.24, 2.45) is 10.9 Å². The third-order valence-corrected chi connectivity index (χ3v) is 3.08. The Hall–Kier alpha value is -1.42. The van der Waals surface area contributed by atoms with Crippen LogP contribution >= 0.6 is 0 Å². The Morgan fingerprint density at radius 2 is 2.22 bits per heavy atom. The SMILES string of the molecule is N/N=C1\CCN([C@@H]2O[C@H](CO)[C@@H](O)[C@H]2O)C(=O)N1. The highest BCUT2D eigenvalue weighted by molar-refractivity contribution is 5.99. The molecule has 0 aliphatic carbocycles. The third-order valence-electron chi connectivity index (χ3n) is 3.08. The fraction of sp³-hybridized carbons (Fsp3) is 0.778. The van der Waals surface area contributed by atoms with Crippen molar-refractivity contribution in [3.63, 3.8) is 0 Å². The zero-order chi connectivity index (χ0) is 13.3. The van der Waals surface area contributed by atoms with E-state index in [-0.39, 0.29) is 6.54 Å². The highest BCUT2D eigenvalue weighted by Gasteiger charge is 2.47. The lowest BCUT2D eigenvalue weighted by atomic mass is 10.1. The van der Waals surface area contributed by atoms with Crippen molar-refractivity contribution in [1.82, 2.24) is 10.2 Å². The molecule has 0 bridgehead atoms. The van der Waals surface area contributed by atoms with Crippen LogP contribution in [0.3, 0.4) is 0 Å². The van der Waals surface area contributed by atoms with Crippen LogP contribution in [0.25, 0.3) is 0 Å². The average molecular weight is 260 g/mol. The molecule has 0 radical (unpaired) electrons. The molecule has 0 unspecified atom stereocenters. The van der Waals surface area contributed by atoms with E-state index in [9.17, 15) is 15.0 Å². The van der Waals surface area contributed by atoms with Crippen molar-refractivity contribution in [1.29, 1.82) is 0 Å². The standard InChI is InChI=1S/C9H16N4O5/c10-12-5-1-2-13(9(17)11-5)8-7(16)6(15)4(3-14)18-8/h4,6-8,14-16H,1-3,10H2,(H,11,12,17)/t4-,6-,7-,8-/m1/s1. The minimum Gasteiger partial charge on any atom is -0.394 e. The predicted octanol–water partition coefficient (Wildman–Crippen LogP) is -2.89. The summed E-state index contributed by atoms with van der Waals surface area (Å²) in [5.74, 6) is 5.41. The van der Waals surface area contributed by atoms with E-state index >= 15 is 0 Å². The van der Waals surface area contributed by atoms with Gasteiger partial charge in [-0.3, -0.25) is 10.2 Å². The quantitative estimate of drug-likeness (QED) is 0.267. The molecule has 9 nitrogen and oxygen atoms in total. The minimum absolute atomic E-state index is 0.258. The van der Waals surface area contributed by atoms with Crippen LogP contribution in [0.4, 0.5) is 4.79 Å². The van der Waals surface area contributed by atoms with Crippen molar-refractivity contribution in [3.8, 4) is 0 Å². The van der Waals surface area contributed by atoms with Crippen LogP contribution in [0.2, 0.25) is 0 Å². The molecule has 2 aliphatic rings. The second kappa shape index (κ2) is 5.06. The molecule has 0 aromatic heterocycles. The topological polar surface area (TPSA) is 141 Å². The van der Waals surface area contributed by atoms with Gasteiger partial charge in [0, 0.05) is 13.0 Å². The molecule has 2 fully saturated rings. The van der Waals surface area contributed by atoms with Gasteiger partial charge in [-0.25, -0.2) is 4.79 Å². The van der Waals surface area contributed by atoms with Crippen LogP contribution < -0.4 is 11.2 Å². The molecule has 2 amide bonds. The lowest BCUT2D eigenvalue weighted by molar-refractivity contribution is -0.0792. The minimum atomic E-state index is -1.26. The van der Waals surface area contributed by atoms with Gasteiger partial charge in [0.1, 0.15) is 24.1 Å². The first-order chi connectivity index (χ1) is 8.58. The first-order valence-corrected chi connectivity index (χ1v) is 5.55. The highest BCUT2D eigenvalue weighted by atomic mass is 16.6. The largest absolute Gasteiger partial charge is 0.394 e. The van der Waals surface area contributed by atoms with Gasteiger partial charge < -0.3 is 25.9 Å². The number of amides is 2. The lowest BCUT2D eigenvalue weighted by Gasteiger charge is -2.33. The fourth-order valence-electron chi connectivity index (χ4n) is 2.06. The number of hydrogen-bond acceptors (Lipinski definition) is 7. The Labute approximate surface area is 103 Å². The molecule has 0 aromatic carbocycles. The Morgan fingerprint density at radius 1 is 1.50 bits per heavy atom. The van der Waals surface area contributed by atoms with Crippen LogP contribution in [-0.2, 0) is 4.74 Å². The summed E-state index contributed by atoms with van der Waals surface area (Å²) in [6.07, 6.45) is -3.98. The zero-order valence-corrected chi connectivity index (χ0v) is 9.56. The second-order valence-electron chi connectivity index (χ2n) is 4.18. The van der Waals surface area contributed by atoms with Crippen LogP contribution in [0, 0.1) is 0 Å². The van der Waals surface area contributed by atoms with Crippen molar-refractivity contribution in [3.05, 3.63) is 0 Å². The molecule has 0 aromatic rings. The molecular weight excluding hydrogens is 244 g/mol. The monoisotopic (exact) mass is 260 g/mol. The van der Waals surface area contributed by atoms with Gasteiger partial charge >= 0.3 is 6.03 Å². The number of aliphatic hydroxyl groups is 3. The zero-order valence-electron chi connectivity index (χ0n) is 9.56. The Kier molecular flexibility index (Phi) is 3.66. The van der Waals surface area contributed by atoms with E-state index in [0.29, 0.717) is 12.3 Å². The van der Waals surface area contributed by atoms with Gasteiger partial charge in [0.25, 0.3) is 0 Å². The van der Waals surface area contributed by atoms with Crippen molar-refractivity contribution in [2.45, 2.75) is 31.0 Å². The number of nitrogens with one attached hydrogen (secondary N) is 1. The fourth-order valence-corrected chi connectivity index (χ4v) is 2.06. The first kappa shape index (κ1) is 13.0. The summed E-state index contributed by atoms with van der Waals surface area (Å²) in [6, 6.07) is -0.514. The molecular formula is C9H16N4O5. The van der Waals surface area contributed by atoms with Gasteiger partial charge in [-0.1, -0.05) is 0 Å². The van der Waals surface area contributed by atoms with Gasteiger partial charge in [0.05, 0.1) is 6.61 Å². The summed E-state index contributed by atoms with van der Waals surface area (Å²) < 4.78 is 5.26. The third kappa shape index (κ3) is 2.12. The van der Waals surface area contributed by atoms with Crippen LogP contribution in [-0.4, -0.2) is 69.8 Å². The lowest BCUT2D eigenvalue weighted by Crippen LogP contribution is -2.56. The highest BCUT2D eigenvalue weighted by Crippen LogP contribution is 2.25. The Balaban J connectivity index is 2.07. The summed E-state index contributed by atoms with van der Waals surface area (Å²) >= 11 is 0. The van der Waals surface area contributed by atoms with Crippen molar-refractivity contribution < 1.29 is 24.9 Å². The molecule has 2 heterocycles. The average Bonchev–Trinajstić information content (AvgIpc) is 2.66. The van der Waals surface area contributed by atoms with E-state index in [1.165, 1.54) is 4.90 Å². The van der Waals surface area contributed by atoms with E-state index in [0.717, 1.165) is 0 Å². The molecule has 0 saturated carbocycles. The summed E-state index contributed by atoms with van der Waals surface area (Å²) in [6.45, 7) is -0.172. The molecule has 2 aliphatic heterocycles. The van der Waals surface area contributed by atoms with E-state index in [1.54, 1.807) is 0 Å². The van der Waals surface area contributed by atoms with Crippen LogP contribution in [0.1, 0.15) is 6.42 Å². The number of urea groups is 1. The molecule has 4 atom stereocenters. The molecule has 2 rings (SSSR count). The maximum atomic E-state index is 11.7. The normalized spacial score (nSPS) is 39.2. The van der Waals surface area contributed by atoms with Gasteiger partial charge in [0.15, 0.2) is 6.23 Å². The first-order valence-electron chi connectivity index (χ1n) is 5.55. The number of hydrogen-bond donors (Lipinski definition) is 5. The van der Waals surface area contributed by atoms with Gasteiger partial charge in [0.2, 0.25) is 0 Å². The van der Waals surface area contributed by atoms with E-state index in [2.05, 4.69) is 10.4 Å². The maximum absolute atomic E-state index is 11.7. The molecule has 9 heteroatoms. The number of rotatable bonds is 2. The number of nitrogens with two attached hydrogens (primary N) is 1. The smallest absolute Gasteiger partial charge is 0.324 e. The Bertz CT molecular complexity index is 363. The second-order valence-corrected chi connectivity index (χ2v) is 4.18. The summed E-state index contributed by atoms with van der Waals surface area (Å²) in [4.78, 5) is 13.0. The van der Waals surface area contributed by atoms with E-state index in [1.807, 2.05) is 0 Å².